The van der Waals surface area contributed by atoms with Crippen molar-refractivity contribution in [1.29, 1.82) is 0 Å². The van der Waals surface area contributed by atoms with Gasteiger partial charge in [0.25, 0.3) is 0 Å². The zero-order chi connectivity index (χ0) is 9.35. The van der Waals surface area contributed by atoms with Crippen molar-refractivity contribution in [2.45, 2.75) is 25.8 Å². The molecule has 0 aliphatic carbocycles. The Morgan fingerprint density at radius 1 is 1.67 bits per heavy atom. The summed E-state index contributed by atoms with van der Waals surface area (Å²) in [6.07, 6.45) is 0.161. The number of nitrogens with zero attached hydrogens (tertiary/aromatic N) is 1. The van der Waals surface area contributed by atoms with Crippen LogP contribution in [0.3, 0.4) is 0 Å². The predicted molar refractivity (Wildman–Crippen MR) is 40.1 cm³/mol. The molecule has 0 amide bonds. The van der Waals surface area contributed by atoms with Crippen molar-refractivity contribution in [3.63, 3.8) is 0 Å². The number of cyclic esters (lactones) is 1. The van der Waals surface area contributed by atoms with E-state index in [2.05, 4.69) is 4.74 Å². The van der Waals surface area contributed by atoms with Gasteiger partial charge in [0.15, 0.2) is 0 Å². The summed E-state index contributed by atoms with van der Waals surface area (Å²) >= 11 is 0. The molecule has 0 N–H and O–H groups in total. The van der Waals surface area contributed by atoms with Gasteiger partial charge >= 0.3 is 5.97 Å². The van der Waals surface area contributed by atoms with Crippen molar-refractivity contribution in [3.05, 3.63) is 10.1 Å². The molecular formula is C7H11NO4. The Bertz CT molecular complexity index is 223. The highest BCUT2D eigenvalue weighted by Gasteiger charge is 2.45. The van der Waals surface area contributed by atoms with Gasteiger partial charge in [0, 0.05) is 18.8 Å². The minimum absolute atomic E-state index is 0.161. The molecule has 0 aromatic carbocycles. The number of carbonyl (C=O) groups excluding carboxylic acids is 1. The lowest BCUT2D eigenvalue weighted by Gasteiger charge is -2.19. The average Bonchev–Trinajstić information content (AvgIpc) is 2.35. The third kappa shape index (κ3) is 1.39. The van der Waals surface area contributed by atoms with Gasteiger partial charge in [-0.15, -0.1) is 0 Å². The molecule has 12 heavy (non-hydrogen) atoms. The van der Waals surface area contributed by atoms with Crippen LogP contribution in [0.1, 0.15) is 20.3 Å². The summed E-state index contributed by atoms with van der Waals surface area (Å²) in [7, 11) is 0. The van der Waals surface area contributed by atoms with E-state index in [9.17, 15) is 14.9 Å². The van der Waals surface area contributed by atoms with Gasteiger partial charge in [-0.2, -0.15) is 0 Å². The van der Waals surface area contributed by atoms with E-state index in [-0.39, 0.29) is 29.8 Å². The van der Waals surface area contributed by atoms with Gasteiger partial charge < -0.3 is 4.74 Å². The van der Waals surface area contributed by atoms with Crippen molar-refractivity contribution in [3.8, 4) is 0 Å². The summed E-state index contributed by atoms with van der Waals surface area (Å²) in [5.74, 6) is -0.630. The number of rotatable bonds is 2. The van der Waals surface area contributed by atoms with Crippen molar-refractivity contribution < 1.29 is 14.5 Å². The predicted octanol–water partition coefficient (Wildman–Crippen LogP) is 0.605. The summed E-state index contributed by atoms with van der Waals surface area (Å²) in [5, 5.41) is 10.6. The molecule has 0 aromatic rings. The number of ether oxygens (including phenoxy) is 1. The second-order valence-electron chi connectivity index (χ2n) is 3.49. The third-order valence-electron chi connectivity index (χ3n) is 2.33. The molecule has 5 heteroatoms. The molecular weight excluding hydrogens is 162 g/mol. The van der Waals surface area contributed by atoms with E-state index in [1.54, 1.807) is 0 Å². The molecule has 0 unspecified atom stereocenters. The first-order chi connectivity index (χ1) is 5.44. The summed E-state index contributed by atoms with van der Waals surface area (Å²) in [5.41, 5.74) is -1.06. The molecule has 1 saturated heterocycles. The molecule has 0 bridgehead atoms. The van der Waals surface area contributed by atoms with Crippen LogP contribution in [0.15, 0.2) is 0 Å². The minimum atomic E-state index is -1.06. The summed E-state index contributed by atoms with van der Waals surface area (Å²) in [6.45, 7) is 3.20. The van der Waals surface area contributed by atoms with Crippen molar-refractivity contribution >= 4 is 5.97 Å². The first-order valence-corrected chi connectivity index (χ1v) is 3.74. The molecule has 1 atom stereocenters. The molecule has 0 saturated carbocycles. The molecule has 1 aliphatic rings. The lowest BCUT2D eigenvalue weighted by Crippen LogP contribution is -2.39. The number of nitro groups is 1. The minimum Gasteiger partial charge on any atom is -0.465 e. The summed E-state index contributed by atoms with van der Waals surface area (Å²) in [4.78, 5) is 20.9. The number of esters is 1. The largest absolute Gasteiger partial charge is 0.465 e. The first-order valence-electron chi connectivity index (χ1n) is 3.74. The molecule has 1 fully saturated rings. The van der Waals surface area contributed by atoms with Crippen LogP contribution in [0.2, 0.25) is 0 Å². The number of hydrogen-bond acceptors (Lipinski definition) is 4. The Hall–Kier alpha value is -1.13. The maximum atomic E-state index is 10.7. The highest BCUT2D eigenvalue weighted by Crippen LogP contribution is 2.28. The zero-order valence-corrected chi connectivity index (χ0v) is 7.07. The first kappa shape index (κ1) is 8.96. The molecule has 0 aromatic heterocycles. The number of carbonyl (C=O) groups is 1. The van der Waals surface area contributed by atoms with Gasteiger partial charge in [-0.3, -0.25) is 14.9 Å². The van der Waals surface area contributed by atoms with Crippen LogP contribution in [-0.4, -0.2) is 23.0 Å². The van der Waals surface area contributed by atoms with Gasteiger partial charge in [-0.05, 0) is 0 Å². The quantitative estimate of drug-likeness (QED) is 0.348. The van der Waals surface area contributed by atoms with E-state index in [4.69, 9.17) is 0 Å². The van der Waals surface area contributed by atoms with E-state index >= 15 is 0 Å². The third-order valence-corrected chi connectivity index (χ3v) is 2.33. The maximum absolute atomic E-state index is 10.7. The lowest BCUT2D eigenvalue weighted by molar-refractivity contribution is -0.570. The van der Waals surface area contributed by atoms with E-state index in [0.717, 1.165) is 0 Å². The normalized spacial score (nSPS) is 23.8. The van der Waals surface area contributed by atoms with Crippen LogP contribution in [0.5, 0.6) is 0 Å². The Morgan fingerprint density at radius 3 is 2.58 bits per heavy atom. The van der Waals surface area contributed by atoms with E-state index in [0.29, 0.717) is 0 Å². The highest BCUT2D eigenvalue weighted by molar-refractivity contribution is 5.71. The van der Waals surface area contributed by atoms with E-state index < -0.39 is 5.54 Å². The SMILES string of the molecule is CC(C)([C@@H]1COC(=O)C1)[N+](=O)[O-]. The van der Waals surface area contributed by atoms with Gasteiger partial charge in [0.2, 0.25) is 5.54 Å². The van der Waals surface area contributed by atoms with Gasteiger partial charge in [-0.25, -0.2) is 0 Å². The second kappa shape index (κ2) is 2.73. The Morgan fingerprint density at radius 2 is 2.25 bits per heavy atom. The summed E-state index contributed by atoms with van der Waals surface area (Å²) < 4.78 is 4.66. The van der Waals surface area contributed by atoms with Crippen LogP contribution in [0.4, 0.5) is 0 Å². The standard InChI is InChI=1S/C7H11NO4/c1-7(2,8(10)11)5-3-6(9)12-4-5/h5H,3-4H2,1-2H3/t5-/m0/s1. The van der Waals surface area contributed by atoms with Gasteiger partial charge in [0.05, 0.1) is 12.3 Å². The van der Waals surface area contributed by atoms with E-state index in [1.807, 2.05) is 0 Å². The fraction of sp³-hybridized carbons (Fsp3) is 0.857. The lowest BCUT2D eigenvalue weighted by atomic mass is 9.87. The van der Waals surface area contributed by atoms with Crippen LogP contribution < -0.4 is 0 Å². The number of hydrogen-bond donors (Lipinski definition) is 0. The fourth-order valence-corrected chi connectivity index (χ4v) is 1.12. The van der Waals surface area contributed by atoms with Crippen LogP contribution >= 0.6 is 0 Å². The zero-order valence-electron chi connectivity index (χ0n) is 7.07. The molecule has 68 valence electrons. The van der Waals surface area contributed by atoms with Crippen LogP contribution in [0.25, 0.3) is 0 Å². The average molecular weight is 173 g/mol. The smallest absolute Gasteiger partial charge is 0.306 e. The molecule has 0 spiro atoms. The molecule has 0 radical (unpaired) electrons. The maximum Gasteiger partial charge on any atom is 0.306 e. The molecule has 1 aliphatic heterocycles. The van der Waals surface area contributed by atoms with E-state index in [1.165, 1.54) is 13.8 Å². The van der Waals surface area contributed by atoms with Gasteiger partial charge in [0.1, 0.15) is 6.61 Å². The van der Waals surface area contributed by atoms with Crippen molar-refractivity contribution in [1.82, 2.24) is 0 Å². The van der Waals surface area contributed by atoms with Gasteiger partial charge in [-0.1, -0.05) is 0 Å². The monoisotopic (exact) mass is 173 g/mol. The second-order valence-corrected chi connectivity index (χ2v) is 3.49. The molecule has 5 nitrogen and oxygen atoms in total. The molecule has 1 heterocycles. The summed E-state index contributed by atoms with van der Waals surface area (Å²) in [6, 6.07) is 0. The Balaban J connectivity index is 2.70. The van der Waals surface area contributed by atoms with Crippen LogP contribution in [0, 0.1) is 16.0 Å². The Labute approximate surface area is 69.9 Å². The fourth-order valence-electron chi connectivity index (χ4n) is 1.12. The molecule has 1 rings (SSSR count). The highest BCUT2D eigenvalue weighted by atomic mass is 16.6. The Kier molecular flexibility index (Phi) is 2.04. The van der Waals surface area contributed by atoms with Crippen LogP contribution in [-0.2, 0) is 9.53 Å². The van der Waals surface area contributed by atoms with Crippen molar-refractivity contribution in [2.75, 3.05) is 6.61 Å². The topological polar surface area (TPSA) is 69.4 Å². The van der Waals surface area contributed by atoms with Crippen molar-refractivity contribution in [2.24, 2.45) is 5.92 Å².